The minimum atomic E-state index is 0.732. The predicted molar refractivity (Wildman–Crippen MR) is 74.9 cm³/mol. The summed E-state index contributed by atoms with van der Waals surface area (Å²) < 4.78 is 0. The quantitative estimate of drug-likeness (QED) is 0.914. The molecule has 0 unspecified atom stereocenters. The molecule has 0 amide bonds. The molecule has 2 rings (SSSR count). The first-order valence-corrected chi connectivity index (χ1v) is 6.72. The van der Waals surface area contributed by atoms with E-state index in [4.69, 9.17) is 5.26 Å². The zero-order valence-electron chi connectivity index (χ0n) is 10.5. The number of hydrogen-bond donors (Lipinski definition) is 1. The van der Waals surface area contributed by atoms with Crippen LogP contribution < -0.4 is 5.32 Å². The van der Waals surface area contributed by atoms with Crippen LogP contribution in [0.25, 0.3) is 0 Å². The first kappa shape index (κ1) is 12.6. The number of benzene rings is 1. The Morgan fingerprint density at radius 1 is 1.39 bits per heavy atom. The van der Waals surface area contributed by atoms with Crippen LogP contribution in [-0.2, 0) is 6.42 Å². The summed E-state index contributed by atoms with van der Waals surface area (Å²) >= 11 is 1.68. The zero-order chi connectivity index (χ0) is 13.0. The van der Waals surface area contributed by atoms with Gasteiger partial charge in [0.1, 0.15) is 0 Å². The van der Waals surface area contributed by atoms with Crippen molar-refractivity contribution in [2.75, 3.05) is 11.9 Å². The molecule has 92 valence electrons. The molecule has 1 heterocycles. The van der Waals surface area contributed by atoms with E-state index in [0.717, 1.165) is 40.5 Å². The SMILES string of the molecule is Cc1nc(CCNc2ccc(C#N)c(C)c2)cs1. The molecule has 0 aliphatic rings. The summed E-state index contributed by atoms with van der Waals surface area (Å²) in [7, 11) is 0. The molecule has 1 N–H and O–H groups in total. The molecular formula is C14H15N3S. The number of thiazole rings is 1. The van der Waals surface area contributed by atoms with E-state index in [9.17, 15) is 0 Å². The van der Waals surface area contributed by atoms with E-state index in [1.807, 2.05) is 32.0 Å². The smallest absolute Gasteiger partial charge is 0.0994 e. The Morgan fingerprint density at radius 3 is 2.83 bits per heavy atom. The topological polar surface area (TPSA) is 48.7 Å². The molecule has 0 aliphatic carbocycles. The standard InChI is InChI=1S/C14H15N3S/c1-10-7-13(4-3-12(10)8-15)16-6-5-14-9-18-11(2)17-14/h3-4,7,9,16H,5-6H2,1-2H3. The van der Waals surface area contributed by atoms with Crippen molar-refractivity contribution in [2.24, 2.45) is 0 Å². The molecule has 2 aromatic rings. The maximum absolute atomic E-state index is 8.86. The van der Waals surface area contributed by atoms with E-state index in [0.29, 0.717) is 0 Å². The Morgan fingerprint density at radius 2 is 2.22 bits per heavy atom. The van der Waals surface area contributed by atoms with Crippen LogP contribution in [0.3, 0.4) is 0 Å². The molecule has 0 saturated heterocycles. The van der Waals surface area contributed by atoms with E-state index in [1.54, 1.807) is 11.3 Å². The summed E-state index contributed by atoms with van der Waals surface area (Å²) in [5, 5.41) is 15.4. The highest BCUT2D eigenvalue weighted by Crippen LogP contribution is 2.14. The molecule has 0 aliphatic heterocycles. The zero-order valence-corrected chi connectivity index (χ0v) is 11.3. The third-order valence-corrected chi connectivity index (χ3v) is 3.55. The van der Waals surface area contributed by atoms with Gasteiger partial charge in [0, 0.05) is 24.0 Å². The molecule has 0 atom stereocenters. The van der Waals surface area contributed by atoms with Gasteiger partial charge in [-0.2, -0.15) is 5.26 Å². The van der Waals surface area contributed by atoms with E-state index < -0.39 is 0 Å². The van der Waals surface area contributed by atoms with Crippen molar-refractivity contribution in [3.05, 3.63) is 45.4 Å². The van der Waals surface area contributed by atoms with Gasteiger partial charge in [-0.1, -0.05) is 0 Å². The summed E-state index contributed by atoms with van der Waals surface area (Å²) in [5.74, 6) is 0. The lowest BCUT2D eigenvalue weighted by Gasteiger charge is -2.06. The molecule has 1 aromatic carbocycles. The van der Waals surface area contributed by atoms with Crippen molar-refractivity contribution in [1.82, 2.24) is 4.98 Å². The van der Waals surface area contributed by atoms with Gasteiger partial charge in [0.15, 0.2) is 0 Å². The molecule has 0 radical (unpaired) electrons. The van der Waals surface area contributed by atoms with Crippen molar-refractivity contribution in [2.45, 2.75) is 20.3 Å². The summed E-state index contributed by atoms with van der Waals surface area (Å²) in [6.45, 7) is 4.83. The fourth-order valence-electron chi connectivity index (χ4n) is 1.76. The number of aryl methyl sites for hydroxylation is 2. The predicted octanol–water partition coefficient (Wildman–Crippen LogP) is 3.29. The Kier molecular flexibility index (Phi) is 3.96. The lowest BCUT2D eigenvalue weighted by molar-refractivity contribution is 0.968. The van der Waals surface area contributed by atoms with Gasteiger partial charge in [-0.05, 0) is 37.6 Å². The minimum Gasteiger partial charge on any atom is -0.385 e. The van der Waals surface area contributed by atoms with Crippen LogP contribution >= 0.6 is 11.3 Å². The maximum atomic E-state index is 8.86. The first-order valence-electron chi connectivity index (χ1n) is 5.84. The van der Waals surface area contributed by atoms with Gasteiger partial charge < -0.3 is 5.32 Å². The number of nitrogens with zero attached hydrogens (tertiary/aromatic N) is 2. The van der Waals surface area contributed by atoms with Crippen molar-refractivity contribution >= 4 is 17.0 Å². The lowest BCUT2D eigenvalue weighted by Crippen LogP contribution is -2.05. The number of aromatic nitrogens is 1. The van der Waals surface area contributed by atoms with E-state index in [-0.39, 0.29) is 0 Å². The number of nitrogens with one attached hydrogen (secondary N) is 1. The van der Waals surface area contributed by atoms with Gasteiger partial charge in [-0.25, -0.2) is 4.98 Å². The maximum Gasteiger partial charge on any atom is 0.0994 e. The summed E-state index contributed by atoms with van der Waals surface area (Å²) in [4.78, 5) is 4.42. The number of hydrogen-bond acceptors (Lipinski definition) is 4. The molecule has 0 saturated carbocycles. The van der Waals surface area contributed by atoms with Gasteiger partial charge >= 0.3 is 0 Å². The highest BCUT2D eigenvalue weighted by molar-refractivity contribution is 7.09. The Labute approximate surface area is 111 Å². The van der Waals surface area contributed by atoms with Gasteiger partial charge in [0.2, 0.25) is 0 Å². The van der Waals surface area contributed by atoms with Crippen molar-refractivity contribution in [3.63, 3.8) is 0 Å². The number of rotatable bonds is 4. The molecule has 0 spiro atoms. The van der Waals surface area contributed by atoms with Crippen molar-refractivity contribution in [3.8, 4) is 6.07 Å². The average molecular weight is 257 g/mol. The molecule has 4 heteroatoms. The molecular weight excluding hydrogens is 242 g/mol. The third-order valence-electron chi connectivity index (χ3n) is 2.72. The highest BCUT2D eigenvalue weighted by Gasteiger charge is 2.00. The highest BCUT2D eigenvalue weighted by atomic mass is 32.1. The molecule has 1 aromatic heterocycles. The summed E-state index contributed by atoms with van der Waals surface area (Å²) in [5.41, 5.74) is 3.93. The molecule has 0 bridgehead atoms. The fraction of sp³-hybridized carbons (Fsp3) is 0.286. The van der Waals surface area contributed by atoms with Crippen LogP contribution in [0.15, 0.2) is 23.6 Å². The number of nitriles is 1. The minimum absolute atomic E-state index is 0.732. The van der Waals surface area contributed by atoms with Crippen LogP contribution in [0.4, 0.5) is 5.69 Å². The van der Waals surface area contributed by atoms with E-state index >= 15 is 0 Å². The Balaban J connectivity index is 1.91. The van der Waals surface area contributed by atoms with Gasteiger partial charge in [-0.3, -0.25) is 0 Å². The van der Waals surface area contributed by atoms with Gasteiger partial charge in [-0.15, -0.1) is 11.3 Å². The Bertz CT molecular complexity index is 581. The van der Waals surface area contributed by atoms with Gasteiger partial charge in [0.05, 0.1) is 22.3 Å². The molecule has 18 heavy (non-hydrogen) atoms. The second-order valence-corrected chi connectivity index (χ2v) is 5.24. The number of anilines is 1. The van der Waals surface area contributed by atoms with E-state index in [1.165, 1.54) is 0 Å². The van der Waals surface area contributed by atoms with Crippen LogP contribution in [0, 0.1) is 25.2 Å². The van der Waals surface area contributed by atoms with E-state index in [2.05, 4.69) is 21.8 Å². The van der Waals surface area contributed by atoms with Gasteiger partial charge in [0.25, 0.3) is 0 Å². The lowest BCUT2D eigenvalue weighted by atomic mass is 10.1. The Hall–Kier alpha value is -1.86. The van der Waals surface area contributed by atoms with Crippen LogP contribution in [0.2, 0.25) is 0 Å². The first-order chi connectivity index (χ1) is 8.69. The third kappa shape index (κ3) is 3.08. The van der Waals surface area contributed by atoms with Crippen LogP contribution in [-0.4, -0.2) is 11.5 Å². The fourth-order valence-corrected chi connectivity index (χ4v) is 2.40. The normalized spacial score (nSPS) is 10.1. The average Bonchev–Trinajstić information content (AvgIpc) is 2.75. The summed E-state index contributed by atoms with van der Waals surface area (Å²) in [6.07, 6.45) is 0.920. The van der Waals surface area contributed by atoms with Crippen LogP contribution in [0.5, 0.6) is 0 Å². The second kappa shape index (κ2) is 5.65. The van der Waals surface area contributed by atoms with Crippen molar-refractivity contribution < 1.29 is 0 Å². The summed E-state index contributed by atoms with van der Waals surface area (Å²) in [6, 6.07) is 7.97. The largest absolute Gasteiger partial charge is 0.385 e. The monoisotopic (exact) mass is 257 g/mol. The molecule has 3 nitrogen and oxygen atoms in total. The van der Waals surface area contributed by atoms with Crippen molar-refractivity contribution in [1.29, 1.82) is 5.26 Å². The molecule has 0 fully saturated rings. The van der Waals surface area contributed by atoms with Crippen LogP contribution in [0.1, 0.15) is 21.8 Å². The second-order valence-electron chi connectivity index (χ2n) is 4.18.